The average Bonchev–Trinajstić information content (AvgIpc) is 2.59. The lowest BCUT2D eigenvalue weighted by molar-refractivity contribution is -0.116. The molecule has 0 atom stereocenters. The maximum absolute atomic E-state index is 11.6. The topological polar surface area (TPSA) is 62.1 Å². The van der Waals surface area contributed by atoms with E-state index in [0.29, 0.717) is 17.9 Å². The molecule has 0 saturated heterocycles. The lowest BCUT2D eigenvalue weighted by Gasteiger charge is -2.09. The molecule has 22 heavy (non-hydrogen) atoms. The quantitative estimate of drug-likeness (QED) is 0.681. The zero-order valence-electron chi connectivity index (χ0n) is 12.2. The second-order valence-electron chi connectivity index (χ2n) is 4.56. The van der Waals surface area contributed by atoms with Crippen molar-refractivity contribution in [1.29, 1.82) is 5.26 Å². The Morgan fingerprint density at radius 1 is 1.18 bits per heavy atom. The summed E-state index contributed by atoms with van der Waals surface area (Å²) in [6, 6.07) is 19.0. The second kappa shape index (κ2) is 7.65. The number of para-hydroxylation sites is 1. The predicted molar refractivity (Wildman–Crippen MR) is 84.9 cm³/mol. The Hall–Kier alpha value is -3.06. The zero-order chi connectivity index (χ0) is 15.8. The Kier molecular flexibility index (Phi) is 5.33. The van der Waals surface area contributed by atoms with Crippen LogP contribution in [0.5, 0.6) is 5.75 Å². The van der Waals surface area contributed by atoms with Crippen molar-refractivity contribution in [3.8, 4) is 11.8 Å². The monoisotopic (exact) mass is 292 g/mol. The van der Waals surface area contributed by atoms with Crippen LogP contribution in [0.4, 0.5) is 0 Å². The summed E-state index contributed by atoms with van der Waals surface area (Å²) >= 11 is 0. The fraction of sp³-hybridized carbons (Fsp3) is 0.111. The van der Waals surface area contributed by atoms with Gasteiger partial charge in [0, 0.05) is 12.6 Å². The van der Waals surface area contributed by atoms with E-state index in [1.807, 2.05) is 54.6 Å². The van der Waals surface area contributed by atoms with E-state index in [2.05, 4.69) is 5.32 Å². The Bertz CT molecular complexity index is 715. The number of nitrogens with one attached hydrogen (secondary N) is 1. The Balaban J connectivity index is 2.22. The molecule has 2 rings (SSSR count). The molecule has 1 amide bonds. The van der Waals surface area contributed by atoms with Gasteiger partial charge in [0.05, 0.1) is 0 Å². The third-order valence-corrected chi connectivity index (χ3v) is 3.05. The van der Waals surface area contributed by atoms with Crippen molar-refractivity contribution in [2.45, 2.75) is 6.61 Å². The summed E-state index contributed by atoms with van der Waals surface area (Å²) in [7, 11) is 1.49. The third-order valence-electron chi connectivity index (χ3n) is 3.05. The molecule has 0 saturated carbocycles. The molecular weight excluding hydrogens is 276 g/mol. The molecule has 0 aliphatic carbocycles. The highest BCUT2D eigenvalue weighted by atomic mass is 16.5. The van der Waals surface area contributed by atoms with Crippen molar-refractivity contribution >= 4 is 12.0 Å². The number of amides is 1. The highest BCUT2D eigenvalue weighted by Crippen LogP contribution is 2.22. The second-order valence-corrected chi connectivity index (χ2v) is 4.56. The summed E-state index contributed by atoms with van der Waals surface area (Å²) in [4.78, 5) is 11.6. The molecule has 0 aliphatic heterocycles. The predicted octanol–water partition coefficient (Wildman–Crippen LogP) is 2.92. The number of carbonyl (C=O) groups excluding carboxylic acids is 1. The van der Waals surface area contributed by atoms with E-state index >= 15 is 0 Å². The van der Waals surface area contributed by atoms with E-state index in [1.54, 1.807) is 6.07 Å². The Morgan fingerprint density at radius 3 is 2.55 bits per heavy atom. The van der Waals surface area contributed by atoms with Crippen LogP contribution in [-0.4, -0.2) is 13.0 Å². The first kappa shape index (κ1) is 15.3. The minimum Gasteiger partial charge on any atom is -0.488 e. The first-order valence-corrected chi connectivity index (χ1v) is 6.84. The largest absolute Gasteiger partial charge is 0.488 e. The van der Waals surface area contributed by atoms with E-state index in [1.165, 1.54) is 13.1 Å². The van der Waals surface area contributed by atoms with Crippen molar-refractivity contribution in [2.24, 2.45) is 0 Å². The van der Waals surface area contributed by atoms with E-state index in [9.17, 15) is 4.79 Å². The van der Waals surface area contributed by atoms with Gasteiger partial charge in [-0.15, -0.1) is 0 Å². The molecule has 4 nitrogen and oxygen atoms in total. The van der Waals surface area contributed by atoms with Gasteiger partial charge in [-0.3, -0.25) is 4.79 Å². The molecule has 110 valence electrons. The fourth-order valence-corrected chi connectivity index (χ4v) is 1.91. The van der Waals surface area contributed by atoms with E-state index in [-0.39, 0.29) is 5.57 Å². The number of hydrogen-bond donors (Lipinski definition) is 1. The molecule has 0 fully saturated rings. The van der Waals surface area contributed by atoms with Gasteiger partial charge < -0.3 is 10.1 Å². The molecule has 0 radical (unpaired) electrons. The first-order valence-electron chi connectivity index (χ1n) is 6.84. The molecule has 0 aromatic heterocycles. The number of ether oxygens (including phenoxy) is 1. The number of likely N-dealkylation sites (N-methyl/N-ethyl adjacent to an activating group) is 1. The summed E-state index contributed by atoms with van der Waals surface area (Å²) in [6.07, 6.45) is 1.53. The average molecular weight is 292 g/mol. The summed E-state index contributed by atoms with van der Waals surface area (Å²) in [5.74, 6) is 0.211. The molecule has 0 unspecified atom stereocenters. The Morgan fingerprint density at radius 2 is 1.86 bits per heavy atom. The number of nitriles is 1. The summed E-state index contributed by atoms with van der Waals surface area (Å²) in [5.41, 5.74) is 1.78. The van der Waals surface area contributed by atoms with Crippen molar-refractivity contribution in [3.63, 3.8) is 0 Å². The molecule has 2 aromatic rings. The van der Waals surface area contributed by atoms with Crippen LogP contribution >= 0.6 is 0 Å². The van der Waals surface area contributed by atoms with Gasteiger partial charge >= 0.3 is 0 Å². The highest BCUT2D eigenvalue weighted by molar-refractivity contribution is 6.01. The fourth-order valence-electron chi connectivity index (χ4n) is 1.91. The van der Waals surface area contributed by atoms with Gasteiger partial charge in [-0.2, -0.15) is 5.26 Å². The number of carbonyl (C=O) groups is 1. The zero-order valence-corrected chi connectivity index (χ0v) is 12.2. The van der Waals surface area contributed by atoms with Crippen LogP contribution in [0.25, 0.3) is 6.08 Å². The molecule has 4 heteroatoms. The molecule has 0 spiro atoms. The normalized spacial score (nSPS) is 10.6. The van der Waals surface area contributed by atoms with Crippen LogP contribution in [-0.2, 0) is 11.4 Å². The molecule has 1 N–H and O–H groups in total. The SMILES string of the molecule is CNC(=O)/C(C#N)=C\c1ccccc1OCc1ccccc1. The number of hydrogen-bond acceptors (Lipinski definition) is 3. The lowest BCUT2D eigenvalue weighted by atomic mass is 10.1. The molecule has 0 heterocycles. The number of benzene rings is 2. The number of nitrogens with zero attached hydrogens (tertiary/aromatic N) is 1. The smallest absolute Gasteiger partial charge is 0.261 e. The van der Waals surface area contributed by atoms with Crippen LogP contribution in [0.2, 0.25) is 0 Å². The summed E-state index contributed by atoms with van der Waals surface area (Å²) in [6.45, 7) is 0.424. The summed E-state index contributed by atoms with van der Waals surface area (Å²) in [5, 5.41) is 11.5. The van der Waals surface area contributed by atoms with Gasteiger partial charge in [0.15, 0.2) is 0 Å². The molecule has 0 aliphatic rings. The first-order chi connectivity index (χ1) is 10.7. The van der Waals surface area contributed by atoms with Gasteiger partial charge in [-0.25, -0.2) is 0 Å². The highest BCUT2D eigenvalue weighted by Gasteiger charge is 2.08. The van der Waals surface area contributed by atoms with Crippen LogP contribution in [0, 0.1) is 11.3 Å². The standard InChI is InChI=1S/C18H16N2O2/c1-20-18(21)16(12-19)11-15-9-5-6-10-17(15)22-13-14-7-3-2-4-8-14/h2-11H,13H2,1H3,(H,20,21)/b16-11-. The van der Waals surface area contributed by atoms with Crippen LogP contribution in [0.3, 0.4) is 0 Å². The molecule has 2 aromatic carbocycles. The van der Waals surface area contributed by atoms with Crippen LogP contribution in [0.15, 0.2) is 60.2 Å². The molecular formula is C18H16N2O2. The van der Waals surface area contributed by atoms with E-state index in [4.69, 9.17) is 10.00 Å². The van der Waals surface area contributed by atoms with Crippen molar-refractivity contribution in [3.05, 3.63) is 71.3 Å². The summed E-state index contributed by atoms with van der Waals surface area (Å²) < 4.78 is 5.80. The van der Waals surface area contributed by atoms with Gasteiger partial charge in [0.2, 0.25) is 0 Å². The molecule has 0 bridgehead atoms. The Labute approximate surface area is 129 Å². The van der Waals surface area contributed by atoms with Crippen molar-refractivity contribution in [2.75, 3.05) is 7.05 Å². The maximum Gasteiger partial charge on any atom is 0.261 e. The van der Waals surface area contributed by atoms with Crippen molar-refractivity contribution < 1.29 is 9.53 Å². The minimum atomic E-state index is -0.416. The van der Waals surface area contributed by atoms with Gasteiger partial charge in [0.25, 0.3) is 5.91 Å². The maximum atomic E-state index is 11.6. The van der Waals surface area contributed by atoms with Gasteiger partial charge in [-0.1, -0.05) is 48.5 Å². The van der Waals surface area contributed by atoms with E-state index < -0.39 is 5.91 Å². The van der Waals surface area contributed by atoms with Gasteiger partial charge in [-0.05, 0) is 17.7 Å². The van der Waals surface area contributed by atoms with E-state index in [0.717, 1.165) is 5.56 Å². The number of rotatable bonds is 5. The third kappa shape index (κ3) is 3.97. The minimum absolute atomic E-state index is 0.0401. The van der Waals surface area contributed by atoms with Crippen molar-refractivity contribution in [1.82, 2.24) is 5.32 Å². The lowest BCUT2D eigenvalue weighted by Crippen LogP contribution is -2.19. The van der Waals surface area contributed by atoms with Crippen LogP contribution < -0.4 is 10.1 Å². The van der Waals surface area contributed by atoms with Crippen LogP contribution in [0.1, 0.15) is 11.1 Å². The van der Waals surface area contributed by atoms with Gasteiger partial charge in [0.1, 0.15) is 24.0 Å².